The summed E-state index contributed by atoms with van der Waals surface area (Å²) in [4.78, 5) is 29.7. The van der Waals surface area contributed by atoms with Gasteiger partial charge in [0.05, 0.1) is 0 Å². The van der Waals surface area contributed by atoms with Gasteiger partial charge in [0.2, 0.25) is 0 Å². The lowest BCUT2D eigenvalue weighted by molar-refractivity contribution is -0.139. The molecule has 0 aliphatic heterocycles. The highest BCUT2D eigenvalue weighted by Gasteiger charge is 1.99. The van der Waals surface area contributed by atoms with Crippen LogP contribution in [0.2, 0.25) is 0 Å². The number of carboxylic acids is 3. The highest BCUT2D eigenvalue weighted by atomic mass is 16.4. The van der Waals surface area contributed by atoms with E-state index in [9.17, 15) is 14.4 Å². The van der Waals surface area contributed by atoms with Crippen LogP contribution in [-0.2, 0) is 14.4 Å². The first-order chi connectivity index (χ1) is 9.90. The van der Waals surface area contributed by atoms with Crippen molar-refractivity contribution in [3.63, 3.8) is 0 Å². The van der Waals surface area contributed by atoms with E-state index in [1.54, 1.807) is 0 Å². The summed E-state index contributed by atoms with van der Waals surface area (Å²) in [6.45, 7) is 2.20. The van der Waals surface area contributed by atoms with Crippen molar-refractivity contribution in [2.45, 2.75) is 77.6 Å². The summed E-state index contributed by atoms with van der Waals surface area (Å²) in [5.41, 5.74) is 0. The van der Waals surface area contributed by atoms with Gasteiger partial charge in [0.1, 0.15) is 0 Å². The topological polar surface area (TPSA) is 112 Å². The second-order valence-electron chi connectivity index (χ2n) is 4.91. The number of hydrogen-bond donors (Lipinski definition) is 3. The normalized spacial score (nSPS) is 9.57. The molecule has 0 aromatic rings. The van der Waals surface area contributed by atoms with Crippen molar-refractivity contribution in [1.29, 1.82) is 0 Å². The van der Waals surface area contributed by atoms with Gasteiger partial charge in [-0.1, -0.05) is 45.4 Å². The lowest BCUT2D eigenvalue weighted by atomic mass is 10.1. The monoisotopic (exact) mass is 304 g/mol. The fraction of sp³-hybridized carbons (Fsp3) is 0.800. The van der Waals surface area contributed by atoms with E-state index in [4.69, 9.17) is 15.3 Å². The van der Waals surface area contributed by atoms with Crippen LogP contribution in [0, 0.1) is 0 Å². The first kappa shape index (κ1) is 21.7. The molecule has 6 nitrogen and oxygen atoms in total. The zero-order chi connectivity index (χ0) is 16.5. The highest BCUT2D eigenvalue weighted by molar-refractivity contribution is 5.69. The van der Waals surface area contributed by atoms with Gasteiger partial charge in [-0.3, -0.25) is 14.4 Å². The quantitative estimate of drug-likeness (QED) is 0.475. The van der Waals surface area contributed by atoms with E-state index >= 15 is 0 Å². The minimum absolute atomic E-state index is 0.0632. The lowest BCUT2D eigenvalue weighted by Crippen LogP contribution is -1.98. The predicted octanol–water partition coefficient (Wildman–Crippen LogP) is 3.54. The van der Waals surface area contributed by atoms with E-state index in [2.05, 4.69) is 6.92 Å². The Balaban J connectivity index is 0. The van der Waals surface area contributed by atoms with Crippen LogP contribution in [0.25, 0.3) is 0 Å². The van der Waals surface area contributed by atoms with E-state index in [1.165, 1.54) is 32.1 Å². The van der Waals surface area contributed by atoms with Crippen LogP contribution >= 0.6 is 0 Å². The lowest BCUT2D eigenvalue weighted by Gasteiger charge is -1.98. The molecule has 3 N–H and O–H groups in total. The van der Waals surface area contributed by atoms with Crippen LogP contribution in [0.1, 0.15) is 77.6 Å². The number of rotatable bonds is 12. The third kappa shape index (κ3) is 27.6. The van der Waals surface area contributed by atoms with Crippen LogP contribution in [0.3, 0.4) is 0 Å². The molecule has 0 amide bonds. The minimum Gasteiger partial charge on any atom is -0.481 e. The summed E-state index contributed by atoms with van der Waals surface area (Å²) >= 11 is 0. The summed E-state index contributed by atoms with van der Waals surface area (Å²) in [5, 5.41) is 24.4. The Kier molecular flexibility index (Phi) is 17.0. The zero-order valence-corrected chi connectivity index (χ0v) is 12.8. The van der Waals surface area contributed by atoms with Gasteiger partial charge < -0.3 is 15.3 Å². The first-order valence-electron chi connectivity index (χ1n) is 7.55. The molecule has 0 saturated heterocycles. The molecule has 0 spiro atoms. The molecule has 0 aliphatic rings. The number of carbonyl (C=O) groups is 3. The van der Waals surface area contributed by atoms with E-state index in [0.29, 0.717) is 6.42 Å². The molecule has 0 radical (unpaired) electrons. The average molecular weight is 304 g/mol. The van der Waals surface area contributed by atoms with Crippen molar-refractivity contribution >= 4 is 17.9 Å². The van der Waals surface area contributed by atoms with E-state index in [0.717, 1.165) is 12.8 Å². The Morgan fingerprint density at radius 2 is 0.905 bits per heavy atom. The maximum atomic E-state index is 10.1. The fourth-order valence-corrected chi connectivity index (χ4v) is 1.62. The highest BCUT2D eigenvalue weighted by Crippen LogP contribution is 2.07. The molecule has 0 rings (SSSR count). The molecule has 0 atom stereocenters. The maximum Gasteiger partial charge on any atom is 0.303 e. The van der Waals surface area contributed by atoms with Crippen molar-refractivity contribution in [3.05, 3.63) is 0 Å². The number of unbranched alkanes of at least 4 members (excludes halogenated alkanes) is 6. The predicted molar refractivity (Wildman–Crippen MR) is 79.4 cm³/mol. The fourth-order valence-electron chi connectivity index (χ4n) is 1.62. The standard InChI is InChI=1S/C10H20O2.C5H8O4/c1-2-3-4-5-6-7-8-9-10(11)12;6-4(7)2-1-3-5(8)9/h2-9H2,1H3,(H,11,12);1-3H2,(H,6,7)(H,8,9). The molecule has 0 aromatic carbocycles. The molecule has 0 bridgehead atoms. The molecule has 0 unspecified atom stereocenters. The van der Waals surface area contributed by atoms with E-state index in [1.807, 2.05) is 0 Å². The summed E-state index contributed by atoms with van der Waals surface area (Å²) in [5.74, 6) is -2.56. The SMILES string of the molecule is CCCCCCCCCC(=O)O.O=C(O)CCCC(=O)O. The summed E-state index contributed by atoms with van der Waals surface area (Å²) < 4.78 is 0. The van der Waals surface area contributed by atoms with Gasteiger partial charge >= 0.3 is 17.9 Å². The molecule has 0 saturated carbocycles. The van der Waals surface area contributed by atoms with Crippen LogP contribution < -0.4 is 0 Å². The Hall–Kier alpha value is -1.59. The Morgan fingerprint density at radius 3 is 1.29 bits per heavy atom. The van der Waals surface area contributed by atoms with Crippen molar-refractivity contribution in [1.82, 2.24) is 0 Å². The largest absolute Gasteiger partial charge is 0.481 e. The summed E-state index contributed by atoms with van der Waals surface area (Å²) in [7, 11) is 0. The maximum absolute atomic E-state index is 10.1. The first-order valence-corrected chi connectivity index (χ1v) is 7.55. The van der Waals surface area contributed by atoms with Gasteiger partial charge in [-0.05, 0) is 12.8 Å². The molecule has 0 fully saturated rings. The van der Waals surface area contributed by atoms with E-state index < -0.39 is 17.9 Å². The molecular formula is C15H28O6. The van der Waals surface area contributed by atoms with Crippen molar-refractivity contribution in [2.24, 2.45) is 0 Å². The third-order valence-electron chi connectivity index (χ3n) is 2.78. The summed E-state index contributed by atoms with van der Waals surface area (Å²) in [6.07, 6.45) is 8.73. The van der Waals surface area contributed by atoms with Crippen LogP contribution in [0.5, 0.6) is 0 Å². The van der Waals surface area contributed by atoms with Crippen LogP contribution in [0.4, 0.5) is 0 Å². The number of carboxylic acid groups (broad SMARTS) is 3. The number of aliphatic carboxylic acids is 3. The third-order valence-corrected chi connectivity index (χ3v) is 2.78. The second-order valence-corrected chi connectivity index (χ2v) is 4.91. The van der Waals surface area contributed by atoms with Crippen molar-refractivity contribution in [2.75, 3.05) is 0 Å². The van der Waals surface area contributed by atoms with Gasteiger partial charge in [0.25, 0.3) is 0 Å². The number of hydrogen-bond acceptors (Lipinski definition) is 3. The smallest absolute Gasteiger partial charge is 0.303 e. The second kappa shape index (κ2) is 16.5. The van der Waals surface area contributed by atoms with Gasteiger partial charge in [0, 0.05) is 19.3 Å². The molecule has 0 aliphatic carbocycles. The molecule has 0 aromatic heterocycles. The minimum atomic E-state index is -0.948. The van der Waals surface area contributed by atoms with Gasteiger partial charge in [0.15, 0.2) is 0 Å². The van der Waals surface area contributed by atoms with Gasteiger partial charge in [-0.2, -0.15) is 0 Å². The van der Waals surface area contributed by atoms with Gasteiger partial charge in [-0.25, -0.2) is 0 Å². The van der Waals surface area contributed by atoms with Crippen LogP contribution in [0.15, 0.2) is 0 Å². The molecular weight excluding hydrogens is 276 g/mol. The Labute approximate surface area is 126 Å². The molecule has 0 heterocycles. The molecule has 6 heteroatoms. The average Bonchev–Trinajstić information content (AvgIpc) is 2.37. The molecule has 124 valence electrons. The Morgan fingerprint density at radius 1 is 0.571 bits per heavy atom. The Bertz CT molecular complexity index is 274. The van der Waals surface area contributed by atoms with Crippen molar-refractivity contribution in [3.8, 4) is 0 Å². The zero-order valence-electron chi connectivity index (χ0n) is 12.8. The van der Waals surface area contributed by atoms with Crippen LogP contribution in [-0.4, -0.2) is 33.2 Å². The van der Waals surface area contributed by atoms with E-state index in [-0.39, 0.29) is 19.3 Å². The summed E-state index contributed by atoms with van der Waals surface area (Å²) in [6, 6.07) is 0. The van der Waals surface area contributed by atoms with Crippen molar-refractivity contribution < 1.29 is 29.7 Å². The van der Waals surface area contributed by atoms with Gasteiger partial charge in [-0.15, -0.1) is 0 Å². The molecule has 21 heavy (non-hydrogen) atoms.